The van der Waals surface area contributed by atoms with Crippen LogP contribution in [-0.2, 0) is 0 Å². The van der Waals surface area contributed by atoms with Gasteiger partial charge in [-0.3, -0.25) is 0 Å². The van der Waals surface area contributed by atoms with E-state index in [-0.39, 0.29) is 6.03 Å². The molecule has 0 bridgehead atoms. The van der Waals surface area contributed by atoms with Gasteiger partial charge in [0.05, 0.1) is 17.8 Å². The van der Waals surface area contributed by atoms with Gasteiger partial charge in [0.15, 0.2) is 0 Å². The summed E-state index contributed by atoms with van der Waals surface area (Å²) in [5.74, 6) is 0.661. The maximum absolute atomic E-state index is 11.6. The zero-order chi connectivity index (χ0) is 12.3. The summed E-state index contributed by atoms with van der Waals surface area (Å²) in [6, 6.07) is 5.23. The first kappa shape index (κ1) is 12.0. The number of anilines is 1. The summed E-state index contributed by atoms with van der Waals surface area (Å²) in [6.07, 6.45) is 3.30. The van der Waals surface area contributed by atoms with Gasteiger partial charge in [0.1, 0.15) is 5.75 Å². The summed E-state index contributed by atoms with van der Waals surface area (Å²) in [6.45, 7) is 0. The van der Waals surface area contributed by atoms with Gasteiger partial charge in [-0.15, -0.1) is 0 Å². The number of urea groups is 1. The predicted molar refractivity (Wildman–Crippen MR) is 67.8 cm³/mol. The smallest absolute Gasteiger partial charge is 0.319 e. The Hall–Kier alpha value is -1.42. The summed E-state index contributed by atoms with van der Waals surface area (Å²) in [5, 5.41) is 6.10. The van der Waals surface area contributed by atoms with Crippen LogP contribution in [0.4, 0.5) is 10.5 Å². The Labute approximate surface area is 105 Å². The maximum atomic E-state index is 11.6. The van der Waals surface area contributed by atoms with Gasteiger partial charge >= 0.3 is 6.03 Å². The van der Waals surface area contributed by atoms with Crippen LogP contribution in [0.3, 0.4) is 0 Å². The standard InChI is InChI=1S/C12H15ClN2O2/c1-17-9-5-6-10(13)11(7-9)15-12(16)14-8-3-2-4-8/h5-8H,2-4H2,1H3,(H2,14,15,16). The van der Waals surface area contributed by atoms with Crippen LogP contribution in [0.1, 0.15) is 19.3 Å². The van der Waals surface area contributed by atoms with E-state index in [0.717, 1.165) is 12.8 Å². The van der Waals surface area contributed by atoms with Crippen LogP contribution in [0, 0.1) is 0 Å². The molecule has 2 amide bonds. The highest BCUT2D eigenvalue weighted by Crippen LogP contribution is 2.26. The Morgan fingerprint density at radius 2 is 2.24 bits per heavy atom. The lowest BCUT2D eigenvalue weighted by molar-refractivity contribution is 0.240. The number of carbonyl (C=O) groups is 1. The van der Waals surface area contributed by atoms with E-state index in [4.69, 9.17) is 16.3 Å². The minimum Gasteiger partial charge on any atom is -0.497 e. The third kappa shape index (κ3) is 3.03. The molecule has 0 heterocycles. The second-order valence-corrected chi connectivity index (χ2v) is 4.48. The molecule has 1 aliphatic rings. The second-order valence-electron chi connectivity index (χ2n) is 4.07. The number of halogens is 1. The van der Waals surface area contributed by atoms with E-state index in [9.17, 15) is 4.79 Å². The third-order valence-corrected chi connectivity index (χ3v) is 3.19. The van der Waals surface area contributed by atoms with E-state index >= 15 is 0 Å². The molecule has 5 heteroatoms. The molecule has 2 rings (SSSR count). The molecule has 0 atom stereocenters. The first-order valence-corrected chi connectivity index (χ1v) is 5.98. The molecule has 4 nitrogen and oxygen atoms in total. The molecule has 17 heavy (non-hydrogen) atoms. The summed E-state index contributed by atoms with van der Waals surface area (Å²) in [7, 11) is 1.57. The van der Waals surface area contributed by atoms with Gasteiger partial charge in [-0.2, -0.15) is 0 Å². The van der Waals surface area contributed by atoms with Crippen LogP contribution in [0.15, 0.2) is 18.2 Å². The van der Waals surface area contributed by atoms with E-state index in [1.54, 1.807) is 25.3 Å². The summed E-state index contributed by atoms with van der Waals surface area (Å²) < 4.78 is 5.07. The maximum Gasteiger partial charge on any atom is 0.319 e. The number of nitrogens with one attached hydrogen (secondary N) is 2. The first-order valence-electron chi connectivity index (χ1n) is 5.60. The zero-order valence-electron chi connectivity index (χ0n) is 9.63. The molecule has 92 valence electrons. The summed E-state index contributed by atoms with van der Waals surface area (Å²) in [4.78, 5) is 11.6. The Morgan fingerprint density at radius 1 is 1.47 bits per heavy atom. The van der Waals surface area contributed by atoms with Crippen LogP contribution in [0.25, 0.3) is 0 Å². The van der Waals surface area contributed by atoms with Gasteiger partial charge < -0.3 is 15.4 Å². The van der Waals surface area contributed by atoms with Crippen molar-refractivity contribution in [3.8, 4) is 5.75 Å². The van der Waals surface area contributed by atoms with E-state index in [0.29, 0.717) is 22.5 Å². The number of ether oxygens (including phenoxy) is 1. The number of carbonyl (C=O) groups excluding carboxylic acids is 1. The van der Waals surface area contributed by atoms with E-state index < -0.39 is 0 Å². The largest absolute Gasteiger partial charge is 0.497 e. The lowest BCUT2D eigenvalue weighted by Gasteiger charge is -2.26. The SMILES string of the molecule is COc1ccc(Cl)c(NC(=O)NC2CCC2)c1. The molecular weight excluding hydrogens is 240 g/mol. The average Bonchev–Trinajstić information content (AvgIpc) is 2.27. The fourth-order valence-electron chi connectivity index (χ4n) is 1.62. The number of benzene rings is 1. The third-order valence-electron chi connectivity index (χ3n) is 2.86. The lowest BCUT2D eigenvalue weighted by Crippen LogP contribution is -2.41. The normalized spacial score (nSPS) is 14.9. The summed E-state index contributed by atoms with van der Waals surface area (Å²) >= 11 is 5.98. The first-order chi connectivity index (χ1) is 8.19. The lowest BCUT2D eigenvalue weighted by atomic mass is 9.93. The molecule has 0 aliphatic heterocycles. The topological polar surface area (TPSA) is 50.4 Å². The van der Waals surface area contributed by atoms with Gasteiger partial charge in [0.25, 0.3) is 0 Å². The quantitative estimate of drug-likeness (QED) is 0.871. The van der Waals surface area contributed by atoms with Crippen LogP contribution in [-0.4, -0.2) is 19.2 Å². The van der Waals surface area contributed by atoms with Crippen LogP contribution in [0.2, 0.25) is 5.02 Å². The predicted octanol–water partition coefficient (Wildman–Crippen LogP) is 3.02. The molecule has 1 aromatic carbocycles. The minimum absolute atomic E-state index is 0.218. The Balaban J connectivity index is 1.98. The monoisotopic (exact) mass is 254 g/mol. The highest BCUT2D eigenvalue weighted by atomic mass is 35.5. The number of hydrogen-bond donors (Lipinski definition) is 2. The van der Waals surface area contributed by atoms with Crippen molar-refractivity contribution in [3.63, 3.8) is 0 Å². The fraction of sp³-hybridized carbons (Fsp3) is 0.417. The molecular formula is C12H15ClN2O2. The van der Waals surface area contributed by atoms with Gasteiger partial charge in [0.2, 0.25) is 0 Å². The molecule has 0 spiro atoms. The van der Waals surface area contributed by atoms with Crippen LogP contribution < -0.4 is 15.4 Å². The molecule has 0 aromatic heterocycles. The van der Waals surface area contributed by atoms with Gasteiger partial charge in [0, 0.05) is 12.1 Å². The van der Waals surface area contributed by atoms with E-state index in [2.05, 4.69) is 10.6 Å². The van der Waals surface area contributed by atoms with Crippen molar-refractivity contribution in [2.75, 3.05) is 12.4 Å². The number of hydrogen-bond acceptors (Lipinski definition) is 2. The number of methoxy groups -OCH3 is 1. The van der Waals surface area contributed by atoms with Crippen molar-refractivity contribution in [1.82, 2.24) is 5.32 Å². The molecule has 1 saturated carbocycles. The fourth-order valence-corrected chi connectivity index (χ4v) is 1.79. The van der Waals surface area contributed by atoms with E-state index in [1.807, 2.05) is 0 Å². The van der Waals surface area contributed by atoms with Crippen molar-refractivity contribution in [2.24, 2.45) is 0 Å². The molecule has 0 radical (unpaired) electrons. The molecule has 2 N–H and O–H groups in total. The molecule has 1 aliphatic carbocycles. The Kier molecular flexibility index (Phi) is 3.74. The summed E-state index contributed by atoms with van der Waals surface area (Å²) in [5.41, 5.74) is 0.558. The van der Waals surface area contributed by atoms with Gasteiger partial charge in [-0.1, -0.05) is 11.6 Å². The van der Waals surface area contributed by atoms with E-state index in [1.165, 1.54) is 6.42 Å². The molecule has 1 aromatic rings. The van der Waals surface area contributed by atoms with Crippen molar-refractivity contribution in [1.29, 1.82) is 0 Å². The minimum atomic E-state index is -0.218. The Bertz CT molecular complexity index is 419. The Morgan fingerprint density at radius 3 is 2.82 bits per heavy atom. The van der Waals surface area contributed by atoms with Crippen LogP contribution in [0.5, 0.6) is 5.75 Å². The molecule has 0 unspecified atom stereocenters. The van der Waals surface area contributed by atoms with Crippen molar-refractivity contribution in [3.05, 3.63) is 23.2 Å². The van der Waals surface area contributed by atoms with Crippen molar-refractivity contribution < 1.29 is 9.53 Å². The second kappa shape index (κ2) is 5.27. The number of amides is 2. The van der Waals surface area contributed by atoms with Crippen LogP contribution >= 0.6 is 11.6 Å². The highest BCUT2D eigenvalue weighted by Gasteiger charge is 2.19. The number of rotatable bonds is 3. The van der Waals surface area contributed by atoms with Crippen molar-refractivity contribution >= 4 is 23.3 Å². The van der Waals surface area contributed by atoms with Crippen molar-refractivity contribution in [2.45, 2.75) is 25.3 Å². The highest BCUT2D eigenvalue weighted by molar-refractivity contribution is 6.33. The zero-order valence-corrected chi connectivity index (χ0v) is 10.4. The van der Waals surface area contributed by atoms with Gasteiger partial charge in [-0.05, 0) is 31.4 Å². The molecule has 1 fully saturated rings. The average molecular weight is 255 g/mol. The van der Waals surface area contributed by atoms with Gasteiger partial charge in [-0.25, -0.2) is 4.79 Å². The molecule has 0 saturated heterocycles.